The average molecular weight is 254 g/mol. The zero-order chi connectivity index (χ0) is 12.5. The van der Waals surface area contributed by atoms with E-state index in [1.54, 1.807) is 16.2 Å². The van der Waals surface area contributed by atoms with E-state index >= 15 is 0 Å². The Morgan fingerprint density at radius 2 is 2.53 bits per heavy atom. The zero-order valence-electron chi connectivity index (χ0n) is 10.2. The third-order valence-electron chi connectivity index (χ3n) is 3.33. The fourth-order valence-corrected chi connectivity index (χ4v) is 2.81. The van der Waals surface area contributed by atoms with Crippen molar-refractivity contribution in [2.75, 3.05) is 20.3 Å². The van der Waals surface area contributed by atoms with E-state index in [2.05, 4.69) is 0 Å². The number of amides is 1. The van der Waals surface area contributed by atoms with Crippen LogP contribution in [0, 0.1) is 5.41 Å². The molecule has 5 heteroatoms. The Hall–Kier alpha value is -0.910. The lowest BCUT2D eigenvalue weighted by Crippen LogP contribution is -2.50. The third-order valence-corrected chi connectivity index (χ3v) is 4.19. The minimum absolute atomic E-state index is 0.0656. The Balaban J connectivity index is 2.04. The molecule has 0 saturated carbocycles. The first-order valence-corrected chi connectivity index (χ1v) is 6.53. The molecule has 2 N–H and O–H groups in total. The van der Waals surface area contributed by atoms with E-state index in [-0.39, 0.29) is 11.9 Å². The smallest absolute Gasteiger partial charge is 0.232 e. The monoisotopic (exact) mass is 254 g/mol. The molecular formula is C12H18N2O2S. The van der Waals surface area contributed by atoms with Crippen molar-refractivity contribution in [3.8, 4) is 0 Å². The molecule has 2 atom stereocenters. The molecule has 0 aliphatic carbocycles. The van der Waals surface area contributed by atoms with Gasteiger partial charge in [0, 0.05) is 18.0 Å². The molecule has 0 aromatic carbocycles. The second kappa shape index (κ2) is 4.76. The van der Waals surface area contributed by atoms with Crippen LogP contribution < -0.4 is 5.73 Å². The minimum Gasteiger partial charge on any atom is -0.379 e. The number of nitrogens with zero attached hydrogens (tertiary/aromatic N) is 1. The summed E-state index contributed by atoms with van der Waals surface area (Å²) >= 11 is 1.65. The molecule has 0 radical (unpaired) electrons. The predicted octanol–water partition coefficient (Wildman–Crippen LogP) is 1.07. The van der Waals surface area contributed by atoms with E-state index in [0.717, 1.165) is 0 Å². The number of carbonyl (C=O) groups excluding carboxylic acids is 1. The van der Waals surface area contributed by atoms with Crippen molar-refractivity contribution in [3.05, 3.63) is 22.4 Å². The highest BCUT2D eigenvalue weighted by atomic mass is 32.1. The van der Waals surface area contributed by atoms with Gasteiger partial charge in [-0.05, 0) is 18.4 Å². The first-order chi connectivity index (χ1) is 8.04. The average Bonchev–Trinajstić information content (AvgIpc) is 2.90. The largest absolute Gasteiger partial charge is 0.379 e. The summed E-state index contributed by atoms with van der Waals surface area (Å²) in [6, 6.07) is 3.81. The van der Waals surface area contributed by atoms with E-state index in [0.29, 0.717) is 19.8 Å². The molecule has 2 heterocycles. The number of hydrogen-bond acceptors (Lipinski definition) is 4. The topological polar surface area (TPSA) is 55.6 Å². The van der Waals surface area contributed by atoms with E-state index in [4.69, 9.17) is 10.5 Å². The van der Waals surface area contributed by atoms with Gasteiger partial charge in [0.1, 0.15) is 0 Å². The van der Waals surface area contributed by atoms with Crippen LogP contribution in [0.4, 0.5) is 0 Å². The van der Waals surface area contributed by atoms with Gasteiger partial charge >= 0.3 is 0 Å². The molecule has 1 aliphatic rings. The van der Waals surface area contributed by atoms with Crippen LogP contribution in [-0.4, -0.2) is 37.1 Å². The molecule has 2 rings (SSSR count). The van der Waals surface area contributed by atoms with E-state index in [9.17, 15) is 4.79 Å². The van der Waals surface area contributed by atoms with E-state index in [1.165, 1.54) is 4.88 Å². The number of hydrogen-bond donors (Lipinski definition) is 1. The molecule has 1 saturated heterocycles. The SMILES string of the molecule is CN(Cc1cccs1)C(=O)C1(C)COCC1N. The molecule has 1 aromatic rings. The molecule has 1 amide bonds. The normalized spacial score (nSPS) is 28.3. The van der Waals surface area contributed by atoms with Gasteiger partial charge in [0.15, 0.2) is 0 Å². The van der Waals surface area contributed by atoms with Gasteiger partial charge in [0.25, 0.3) is 0 Å². The highest BCUT2D eigenvalue weighted by Crippen LogP contribution is 2.29. The summed E-state index contributed by atoms with van der Waals surface area (Å²) in [6.45, 7) is 3.41. The maximum Gasteiger partial charge on any atom is 0.232 e. The Bertz CT molecular complexity index is 393. The molecule has 1 aliphatic heterocycles. The summed E-state index contributed by atoms with van der Waals surface area (Å²) in [7, 11) is 1.82. The van der Waals surface area contributed by atoms with Crippen LogP contribution in [0.3, 0.4) is 0 Å². The number of rotatable bonds is 3. The van der Waals surface area contributed by atoms with Crippen molar-refractivity contribution >= 4 is 17.2 Å². The van der Waals surface area contributed by atoms with Gasteiger partial charge in [-0.25, -0.2) is 0 Å². The fourth-order valence-electron chi connectivity index (χ4n) is 2.05. The van der Waals surface area contributed by atoms with Crippen molar-refractivity contribution in [2.45, 2.75) is 19.5 Å². The summed E-state index contributed by atoms with van der Waals surface area (Å²) in [6.07, 6.45) is 0. The molecule has 17 heavy (non-hydrogen) atoms. The maximum absolute atomic E-state index is 12.4. The lowest BCUT2D eigenvalue weighted by molar-refractivity contribution is -0.140. The van der Waals surface area contributed by atoms with Gasteiger partial charge in [-0.1, -0.05) is 6.07 Å². The second-order valence-electron chi connectivity index (χ2n) is 4.78. The summed E-state index contributed by atoms with van der Waals surface area (Å²) < 4.78 is 5.31. The number of carbonyl (C=O) groups is 1. The lowest BCUT2D eigenvalue weighted by atomic mass is 9.84. The molecule has 4 nitrogen and oxygen atoms in total. The van der Waals surface area contributed by atoms with E-state index < -0.39 is 5.41 Å². The zero-order valence-corrected chi connectivity index (χ0v) is 11.0. The van der Waals surface area contributed by atoms with Gasteiger partial charge in [-0.3, -0.25) is 4.79 Å². The third kappa shape index (κ3) is 2.36. The Morgan fingerprint density at radius 1 is 1.76 bits per heavy atom. The van der Waals surface area contributed by atoms with Crippen molar-refractivity contribution in [1.82, 2.24) is 4.90 Å². The highest BCUT2D eigenvalue weighted by Gasteiger charge is 2.45. The molecule has 1 aromatic heterocycles. The quantitative estimate of drug-likeness (QED) is 0.878. The second-order valence-corrected chi connectivity index (χ2v) is 5.81. The predicted molar refractivity (Wildman–Crippen MR) is 67.7 cm³/mol. The van der Waals surface area contributed by atoms with Crippen molar-refractivity contribution < 1.29 is 9.53 Å². The van der Waals surface area contributed by atoms with Crippen LogP contribution >= 0.6 is 11.3 Å². The number of nitrogens with two attached hydrogens (primary N) is 1. The van der Waals surface area contributed by atoms with E-state index in [1.807, 2.05) is 31.5 Å². The molecular weight excluding hydrogens is 236 g/mol. The molecule has 0 bridgehead atoms. The standard InChI is InChI=1S/C12H18N2O2S/c1-12(8-16-7-10(12)13)11(15)14(2)6-9-4-3-5-17-9/h3-5,10H,6-8,13H2,1-2H3. The van der Waals surface area contributed by atoms with Crippen molar-refractivity contribution in [2.24, 2.45) is 11.1 Å². The lowest BCUT2D eigenvalue weighted by Gasteiger charge is -2.30. The molecule has 0 spiro atoms. The minimum atomic E-state index is -0.577. The summed E-state index contributed by atoms with van der Waals surface area (Å²) in [5.74, 6) is 0.0656. The van der Waals surface area contributed by atoms with Gasteiger partial charge in [-0.15, -0.1) is 11.3 Å². The molecule has 94 valence electrons. The molecule has 2 unspecified atom stereocenters. The van der Waals surface area contributed by atoms with Crippen LogP contribution in [0.1, 0.15) is 11.8 Å². The van der Waals surface area contributed by atoms with Gasteiger partial charge in [-0.2, -0.15) is 0 Å². The Morgan fingerprint density at radius 3 is 3.06 bits per heavy atom. The maximum atomic E-state index is 12.4. The van der Waals surface area contributed by atoms with Gasteiger partial charge in [0.2, 0.25) is 5.91 Å². The van der Waals surface area contributed by atoms with Crippen LogP contribution in [-0.2, 0) is 16.1 Å². The first kappa shape index (κ1) is 12.5. The Labute approximate surface area is 105 Å². The van der Waals surface area contributed by atoms with Crippen molar-refractivity contribution in [3.63, 3.8) is 0 Å². The summed E-state index contributed by atoms with van der Waals surface area (Å²) in [4.78, 5) is 15.3. The number of ether oxygens (including phenoxy) is 1. The number of thiophene rings is 1. The van der Waals surface area contributed by atoms with Crippen molar-refractivity contribution in [1.29, 1.82) is 0 Å². The van der Waals surface area contributed by atoms with Crippen LogP contribution in [0.25, 0.3) is 0 Å². The molecule has 1 fully saturated rings. The van der Waals surface area contributed by atoms with Gasteiger partial charge < -0.3 is 15.4 Å². The van der Waals surface area contributed by atoms with Crippen LogP contribution in [0.15, 0.2) is 17.5 Å². The highest BCUT2D eigenvalue weighted by molar-refractivity contribution is 7.09. The summed E-state index contributed by atoms with van der Waals surface area (Å²) in [5, 5.41) is 2.01. The first-order valence-electron chi connectivity index (χ1n) is 5.65. The Kier molecular flexibility index (Phi) is 3.51. The van der Waals surface area contributed by atoms with Crippen LogP contribution in [0.2, 0.25) is 0 Å². The fraction of sp³-hybridized carbons (Fsp3) is 0.583. The van der Waals surface area contributed by atoms with Gasteiger partial charge in [0.05, 0.1) is 25.2 Å². The van der Waals surface area contributed by atoms with Crippen LogP contribution in [0.5, 0.6) is 0 Å². The summed E-state index contributed by atoms with van der Waals surface area (Å²) in [5.41, 5.74) is 5.38.